The lowest BCUT2D eigenvalue weighted by Crippen LogP contribution is -1.95. The Morgan fingerprint density at radius 1 is 0.441 bits per heavy atom. The lowest BCUT2D eigenvalue weighted by atomic mass is 10.1. The van der Waals surface area contributed by atoms with Crippen LogP contribution in [0.15, 0.2) is 115 Å². The van der Waals surface area contributed by atoms with Gasteiger partial charge in [0.2, 0.25) is 0 Å². The highest BCUT2D eigenvalue weighted by Gasteiger charge is 2.18. The molecule has 0 radical (unpaired) electrons. The molecule has 0 spiro atoms. The Bertz CT molecular complexity index is 1860. The largest absolute Gasteiger partial charge is 0.309 e. The molecular weight excluding hydrogens is 416 g/mol. The summed E-state index contributed by atoms with van der Waals surface area (Å²) in [6.07, 6.45) is 0.916. The van der Waals surface area contributed by atoms with Crippen LogP contribution in [0.5, 0.6) is 0 Å². The van der Waals surface area contributed by atoms with Gasteiger partial charge in [-0.05, 0) is 48.5 Å². The van der Waals surface area contributed by atoms with Crippen molar-refractivity contribution in [1.82, 2.24) is 9.13 Å². The molecule has 0 N–H and O–H groups in total. The van der Waals surface area contributed by atoms with Crippen LogP contribution in [0.3, 0.4) is 0 Å². The maximum atomic E-state index is 11.6. The van der Waals surface area contributed by atoms with Crippen molar-refractivity contribution in [2.45, 2.75) is 0 Å². The predicted molar refractivity (Wildman–Crippen MR) is 141 cm³/mol. The van der Waals surface area contributed by atoms with E-state index in [9.17, 15) is 4.79 Å². The van der Waals surface area contributed by atoms with E-state index in [1.54, 1.807) is 0 Å². The van der Waals surface area contributed by atoms with Crippen LogP contribution in [0.1, 0.15) is 10.4 Å². The Kier molecular flexibility index (Phi) is 4.00. The molecule has 0 unspecified atom stereocenters. The molecule has 0 saturated heterocycles. The van der Waals surface area contributed by atoms with Gasteiger partial charge in [-0.1, -0.05) is 66.7 Å². The predicted octanol–water partition coefficient (Wildman–Crippen LogP) is 7.69. The van der Waals surface area contributed by atoms with E-state index in [2.05, 4.69) is 100 Å². The second-order valence-electron chi connectivity index (χ2n) is 8.64. The third kappa shape index (κ3) is 2.61. The Morgan fingerprint density at radius 3 is 1.62 bits per heavy atom. The lowest BCUT2D eigenvalue weighted by Gasteiger charge is -2.10. The molecule has 0 aliphatic heterocycles. The number of carbonyl (C=O) groups excluding carboxylic acids is 1. The summed E-state index contributed by atoms with van der Waals surface area (Å²) in [7, 11) is 0. The minimum absolute atomic E-state index is 0.677. The first-order chi connectivity index (χ1) is 16.8. The fourth-order valence-electron chi connectivity index (χ4n) is 5.28. The van der Waals surface area contributed by atoms with E-state index < -0.39 is 0 Å². The number of aromatic nitrogens is 2. The molecular formula is C31H20N2O. The zero-order chi connectivity index (χ0) is 22.6. The molecule has 0 aliphatic rings. The van der Waals surface area contributed by atoms with E-state index in [0.717, 1.165) is 39.6 Å². The maximum Gasteiger partial charge on any atom is 0.150 e. The van der Waals surface area contributed by atoms with Crippen molar-refractivity contribution in [1.29, 1.82) is 0 Å². The molecule has 0 atom stereocenters. The average Bonchev–Trinajstić information content (AvgIpc) is 3.40. The van der Waals surface area contributed by atoms with Crippen molar-refractivity contribution in [3.05, 3.63) is 121 Å². The Morgan fingerprint density at radius 2 is 0.971 bits per heavy atom. The molecule has 3 nitrogen and oxygen atoms in total. The van der Waals surface area contributed by atoms with Crippen LogP contribution in [0.2, 0.25) is 0 Å². The van der Waals surface area contributed by atoms with Crippen molar-refractivity contribution in [3.8, 4) is 11.4 Å². The van der Waals surface area contributed by atoms with Crippen molar-refractivity contribution in [3.63, 3.8) is 0 Å². The minimum atomic E-state index is 0.677. The van der Waals surface area contributed by atoms with Gasteiger partial charge in [-0.2, -0.15) is 0 Å². The third-order valence-electron chi connectivity index (χ3n) is 6.75. The molecule has 7 rings (SSSR count). The van der Waals surface area contributed by atoms with Gasteiger partial charge in [-0.15, -0.1) is 0 Å². The number of aldehydes is 1. The van der Waals surface area contributed by atoms with E-state index in [1.807, 2.05) is 24.3 Å². The molecule has 2 heterocycles. The molecule has 0 bridgehead atoms. The molecule has 5 aromatic carbocycles. The summed E-state index contributed by atoms with van der Waals surface area (Å²) in [6, 6.07) is 40.0. The average molecular weight is 437 g/mol. The van der Waals surface area contributed by atoms with Crippen LogP contribution in [0, 0.1) is 0 Å². The van der Waals surface area contributed by atoms with Crippen molar-refractivity contribution in [2.75, 3.05) is 0 Å². The summed E-state index contributed by atoms with van der Waals surface area (Å²) < 4.78 is 4.61. The lowest BCUT2D eigenvalue weighted by molar-refractivity contribution is 0.112. The highest BCUT2D eigenvalue weighted by Crippen LogP contribution is 2.39. The number of rotatable bonds is 3. The van der Waals surface area contributed by atoms with Gasteiger partial charge in [0.25, 0.3) is 0 Å². The Balaban J connectivity index is 1.71. The second kappa shape index (κ2) is 7.19. The zero-order valence-electron chi connectivity index (χ0n) is 18.3. The number of fused-ring (bicyclic) bond motifs is 6. The smallest absolute Gasteiger partial charge is 0.150 e. The van der Waals surface area contributed by atoms with Gasteiger partial charge in [0.1, 0.15) is 6.29 Å². The molecule has 0 saturated carbocycles. The van der Waals surface area contributed by atoms with Gasteiger partial charge in [0.05, 0.1) is 22.1 Å². The number of benzene rings is 5. The first kappa shape index (κ1) is 18.9. The number of carbonyl (C=O) groups is 1. The van der Waals surface area contributed by atoms with Gasteiger partial charge in [0, 0.05) is 38.5 Å². The van der Waals surface area contributed by atoms with Crippen molar-refractivity contribution >= 4 is 49.9 Å². The van der Waals surface area contributed by atoms with E-state index in [0.29, 0.717) is 5.56 Å². The number of para-hydroxylation sites is 3. The molecule has 34 heavy (non-hydrogen) atoms. The standard InChI is InChI=1S/C31H20N2O/c34-20-21-15-16-25-27-18-26-24-13-7-8-14-28(24)32(22-9-3-1-4-10-22)30(26)19-31(27)33(29(25)17-21)23-11-5-2-6-12-23/h1-20H. The van der Waals surface area contributed by atoms with Gasteiger partial charge in [0.15, 0.2) is 0 Å². The highest BCUT2D eigenvalue weighted by molar-refractivity contribution is 6.19. The van der Waals surface area contributed by atoms with Crippen LogP contribution in [-0.4, -0.2) is 15.4 Å². The first-order valence-corrected chi connectivity index (χ1v) is 11.4. The minimum Gasteiger partial charge on any atom is -0.309 e. The van der Waals surface area contributed by atoms with E-state index in [-0.39, 0.29) is 0 Å². The van der Waals surface area contributed by atoms with E-state index in [4.69, 9.17) is 0 Å². The zero-order valence-corrected chi connectivity index (χ0v) is 18.3. The van der Waals surface area contributed by atoms with Crippen molar-refractivity contribution < 1.29 is 4.79 Å². The number of hydrogen-bond acceptors (Lipinski definition) is 1. The molecule has 0 amide bonds. The molecule has 7 aromatic rings. The second-order valence-corrected chi connectivity index (χ2v) is 8.64. The fourth-order valence-corrected chi connectivity index (χ4v) is 5.28. The molecule has 3 heteroatoms. The monoisotopic (exact) mass is 436 g/mol. The van der Waals surface area contributed by atoms with Gasteiger partial charge >= 0.3 is 0 Å². The fraction of sp³-hybridized carbons (Fsp3) is 0. The molecule has 160 valence electrons. The van der Waals surface area contributed by atoms with Crippen LogP contribution >= 0.6 is 0 Å². The molecule has 0 fully saturated rings. The molecule has 2 aromatic heterocycles. The Hall–Kier alpha value is -4.63. The SMILES string of the molecule is O=Cc1ccc2c3cc4c5ccccc5n(-c5ccccc5)c4cc3n(-c3ccccc3)c2c1. The van der Waals surface area contributed by atoms with Crippen molar-refractivity contribution in [2.24, 2.45) is 0 Å². The van der Waals surface area contributed by atoms with E-state index in [1.165, 1.54) is 21.7 Å². The highest BCUT2D eigenvalue weighted by atomic mass is 16.1. The summed E-state index contributed by atoms with van der Waals surface area (Å²) in [5, 5.41) is 4.77. The first-order valence-electron chi connectivity index (χ1n) is 11.4. The van der Waals surface area contributed by atoms with Gasteiger partial charge < -0.3 is 9.13 Å². The quantitative estimate of drug-likeness (QED) is 0.261. The van der Waals surface area contributed by atoms with E-state index >= 15 is 0 Å². The summed E-state index contributed by atoms with van der Waals surface area (Å²) in [5.74, 6) is 0. The Labute approximate surface area is 196 Å². The maximum absolute atomic E-state index is 11.6. The van der Waals surface area contributed by atoms with Gasteiger partial charge in [-0.3, -0.25) is 4.79 Å². The number of hydrogen-bond donors (Lipinski definition) is 0. The summed E-state index contributed by atoms with van der Waals surface area (Å²) in [4.78, 5) is 11.6. The van der Waals surface area contributed by atoms with Crippen LogP contribution in [0.25, 0.3) is 55.0 Å². The number of nitrogens with zero attached hydrogens (tertiary/aromatic N) is 2. The van der Waals surface area contributed by atoms with Crippen LogP contribution in [0.4, 0.5) is 0 Å². The topological polar surface area (TPSA) is 26.9 Å². The molecule has 0 aliphatic carbocycles. The normalized spacial score (nSPS) is 11.6. The van der Waals surface area contributed by atoms with Crippen LogP contribution < -0.4 is 0 Å². The third-order valence-corrected chi connectivity index (χ3v) is 6.75. The van der Waals surface area contributed by atoms with Gasteiger partial charge in [-0.25, -0.2) is 0 Å². The summed E-state index contributed by atoms with van der Waals surface area (Å²) in [6.45, 7) is 0. The summed E-state index contributed by atoms with van der Waals surface area (Å²) in [5.41, 5.74) is 7.40. The van der Waals surface area contributed by atoms with Crippen LogP contribution in [-0.2, 0) is 0 Å². The summed E-state index contributed by atoms with van der Waals surface area (Å²) >= 11 is 0.